The van der Waals surface area contributed by atoms with Crippen molar-refractivity contribution in [3.05, 3.63) is 42.5 Å². The molecule has 0 aliphatic carbocycles. The van der Waals surface area contributed by atoms with E-state index in [-0.39, 0.29) is 0 Å². The van der Waals surface area contributed by atoms with Crippen molar-refractivity contribution in [2.45, 2.75) is 19.4 Å². The minimum absolute atomic E-state index is 0.509. The van der Waals surface area contributed by atoms with Gasteiger partial charge in [-0.2, -0.15) is 0 Å². The van der Waals surface area contributed by atoms with Crippen LogP contribution in [0.3, 0.4) is 0 Å². The summed E-state index contributed by atoms with van der Waals surface area (Å²) in [7, 11) is 2.05. The fourth-order valence-corrected chi connectivity index (χ4v) is 2.68. The molecule has 1 N–H and O–H groups in total. The molecule has 4 heteroatoms. The quantitative estimate of drug-likeness (QED) is 0.914. The number of benzene rings is 1. The lowest BCUT2D eigenvalue weighted by molar-refractivity contribution is 0.625. The first-order valence-electron chi connectivity index (χ1n) is 6.81. The molecule has 0 saturated heterocycles. The number of nitrogens with one attached hydrogen (secondary N) is 1. The first kappa shape index (κ1) is 12.1. The second-order valence-corrected chi connectivity index (χ2v) is 5.14. The highest BCUT2D eigenvalue weighted by atomic mass is 15.2. The van der Waals surface area contributed by atoms with Gasteiger partial charge < -0.3 is 14.8 Å². The third kappa shape index (κ3) is 2.30. The molecule has 0 saturated carbocycles. The summed E-state index contributed by atoms with van der Waals surface area (Å²) in [6.45, 7) is 4.27. The minimum atomic E-state index is 0.509. The van der Waals surface area contributed by atoms with Crippen LogP contribution in [-0.2, 0) is 13.5 Å². The number of anilines is 2. The summed E-state index contributed by atoms with van der Waals surface area (Å²) in [6, 6.07) is 9.03. The number of aromatic nitrogens is 2. The Kier molecular flexibility index (Phi) is 3.15. The molecule has 2 heterocycles. The van der Waals surface area contributed by atoms with Gasteiger partial charge in [-0.1, -0.05) is 12.1 Å². The molecule has 1 aromatic heterocycles. The summed E-state index contributed by atoms with van der Waals surface area (Å²) in [5.74, 6) is 1.14. The average Bonchev–Trinajstić information content (AvgIpc) is 2.83. The molecule has 100 valence electrons. The SMILES string of the molecule is CC1CNc2ccccc2N1CCc1nccn1C. The molecule has 4 nitrogen and oxygen atoms in total. The molecule has 3 rings (SSSR count). The minimum Gasteiger partial charge on any atom is -0.381 e. The number of nitrogens with zero attached hydrogens (tertiary/aromatic N) is 3. The van der Waals surface area contributed by atoms with Gasteiger partial charge in [0.2, 0.25) is 0 Å². The third-order valence-corrected chi connectivity index (χ3v) is 3.83. The summed E-state index contributed by atoms with van der Waals surface area (Å²) in [5.41, 5.74) is 2.54. The van der Waals surface area contributed by atoms with Gasteiger partial charge in [-0.05, 0) is 19.1 Å². The number of aryl methyl sites for hydroxylation is 1. The molecule has 1 atom stereocenters. The Labute approximate surface area is 114 Å². The van der Waals surface area contributed by atoms with Crippen molar-refractivity contribution in [1.29, 1.82) is 0 Å². The van der Waals surface area contributed by atoms with E-state index >= 15 is 0 Å². The van der Waals surface area contributed by atoms with Crippen LogP contribution < -0.4 is 10.2 Å². The molecule has 0 amide bonds. The van der Waals surface area contributed by atoms with Gasteiger partial charge in [-0.15, -0.1) is 0 Å². The number of rotatable bonds is 3. The standard InChI is InChI=1S/C15H20N4/c1-12-11-17-13-5-3-4-6-14(13)19(12)9-7-15-16-8-10-18(15)2/h3-6,8,10,12,17H,7,9,11H2,1-2H3. The van der Waals surface area contributed by atoms with Crippen molar-refractivity contribution in [2.75, 3.05) is 23.3 Å². The molecule has 1 aliphatic heterocycles. The highest BCUT2D eigenvalue weighted by molar-refractivity contribution is 5.72. The molecular weight excluding hydrogens is 236 g/mol. The lowest BCUT2D eigenvalue weighted by Crippen LogP contribution is -2.43. The van der Waals surface area contributed by atoms with Crippen LogP contribution in [0.5, 0.6) is 0 Å². The fourth-order valence-electron chi connectivity index (χ4n) is 2.68. The van der Waals surface area contributed by atoms with Crippen LogP contribution in [-0.4, -0.2) is 28.7 Å². The van der Waals surface area contributed by atoms with Crippen molar-refractivity contribution >= 4 is 11.4 Å². The van der Waals surface area contributed by atoms with Crippen LogP contribution in [0, 0.1) is 0 Å². The van der Waals surface area contributed by atoms with Gasteiger partial charge in [0.1, 0.15) is 5.82 Å². The van der Waals surface area contributed by atoms with E-state index in [1.807, 2.05) is 12.4 Å². The molecule has 0 radical (unpaired) electrons. The third-order valence-electron chi connectivity index (χ3n) is 3.83. The maximum Gasteiger partial charge on any atom is 0.110 e. The Bertz CT molecular complexity index is 561. The monoisotopic (exact) mass is 256 g/mol. The van der Waals surface area contributed by atoms with Crippen molar-refractivity contribution in [1.82, 2.24) is 9.55 Å². The van der Waals surface area contributed by atoms with Gasteiger partial charge in [0.25, 0.3) is 0 Å². The summed E-state index contributed by atoms with van der Waals surface area (Å²) in [5, 5.41) is 3.48. The zero-order chi connectivity index (χ0) is 13.2. The lowest BCUT2D eigenvalue weighted by Gasteiger charge is -2.37. The maximum atomic E-state index is 4.40. The summed E-state index contributed by atoms with van der Waals surface area (Å²) >= 11 is 0. The predicted octanol–water partition coefficient (Wildman–Crippen LogP) is 2.28. The molecule has 1 aromatic carbocycles. The molecule has 0 fully saturated rings. The second-order valence-electron chi connectivity index (χ2n) is 5.14. The van der Waals surface area contributed by atoms with Gasteiger partial charge in [0.05, 0.1) is 11.4 Å². The van der Waals surface area contributed by atoms with Crippen LogP contribution in [0.2, 0.25) is 0 Å². The van der Waals surface area contributed by atoms with Gasteiger partial charge in [-0.25, -0.2) is 4.98 Å². The topological polar surface area (TPSA) is 33.1 Å². The highest BCUT2D eigenvalue weighted by Gasteiger charge is 2.22. The van der Waals surface area contributed by atoms with E-state index < -0.39 is 0 Å². The summed E-state index contributed by atoms with van der Waals surface area (Å²) in [4.78, 5) is 6.87. The Balaban J connectivity index is 1.78. The van der Waals surface area contributed by atoms with Crippen LogP contribution in [0.15, 0.2) is 36.7 Å². The van der Waals surface area contributed by atoms with Crippen LogP contribution in [0.4, 0.5) is 11.4 Å². The van der Waals surface area contributed by atoms with Gasteiger partial charge >= 0.3 is 0 Å². The lowest BCUT2D eigenvalue weighted by atomic mass is 10.1. The molecule has 2 aromatic rings. The molecule has 1 unspecified atom stereocenters. The second kappa shape index (κ2) is 4.96. The first-order valence-corrected chi connectivity index (χ1v) is 6.81. The van der Waals surface area contributed by atoms with Gasteiger partial charge in [0, 0.05) is 45.0 Å². The Morgan fingerprint density at radius 2 is 2.21 bits per heavy atom. The maximum absolute atomic E-state index is 4.40. The van der Waals surface area contributed by atoms with E-state index in [4.69, 9.17) is 0 Å². The molecule has 0 bridgehead atoms. The molecule has 1 aliphatic rings. The summed E-state index contributed by atoms with van der Waals surface area (Å²) < 4.78 is 2.10. The van der Waals surface area contributed by atoms with E-state index in [1.54, 1.807) is 0 Å². The van der Waals surface area contributed by atoms with Crippen molar-refractivity contribution in [3.8, 4) is 0 Å². The number of fused-ring (bicyclic) bond motifs is 1. The van der Waals surface area contributed by atoms with Crippen LogP contribution in [0.1, 0.15) is 12.7 Å². The van der Waals surface area contributed by atoms with Crippen molar-refractivity contribution < 1.29 is 0 Å². The van der Waals surface area contributed by atoms with E-state index in [0.717, 1.165) is 25.3 Å². The van der Waals surface area contributed by atoms with Gasteiger partial charge in [0.15, 0.2) is 0 Å². The highest BCUT2D eigenvalue weighted by Crippen LogP contribution is 2.30. The zero-order valence-electron chi connectivity index (χ0n) is 11.5. The normalized spacial score (nSPS) is 18.0. The van der Waals surface area contributed by atoms with E-state index in [2.05, 4.69) is 58.0 Å². The van der Waals surface area contributed by atoms with E-state index in [0.29, 0.717) is 6.04 Å². The molecule has 0 spiro atoms. The summed E-state index contributed by atoms with van der Waals surface area (Å²) in [6.07, 6.45) is 4.84. The van der Waals surface area contributed by atoms with E-state index in [1.165, 1.54) is 11.4 Å². The van der Waals surface area contributed by atoms with Crippen molar-refractivity contribution in [2.24, 2.45) is 7.05 Å². The van der Waals surface area contributed by atoms with Gasteiger partial charge in [-0.3, -0.25) is 0 Å². The molecule has 19 heavy (non-hydrogen) atoms. The predicted molar refractivity (Wildman–Crippen MR) is 78.7 cm³/mol. The number of hydrogen-bond donors (Lipinski definition) is 1. The first-order chi connectivity index (χ1) is 9.25. The van der Waals surface area contributed by atoms with Crippen LogP contribution >= 0.6 is 0 Å². The van der Waals surface area contributed by atoms with Crippen molar-refractivity contribution in [3.63, 3.8) is 0 Å². The zero-order valence-corrected chi connectivity index (χ0v) is 11.5. The number of imidazole rings is 1. The Morgan fingerprint density at radius 1 is 1.37 bits per heavy atom. The smallest absolute Gasteiger partial charge is 0.110 e. The Hall–Kier alpha value is -1.97. The number of para-hydroxylation sites is 2. The fraction of sp³-hybridized carbons (Fsp3) is 0.400. The van der Waals surface area contributed by atoms with Crippen LogP contribution in [0.25, 0.3) is 0 Å². The largest absolute Gasteiger partial charge is 0.381 e. The average molecular weight is 256 g/mol. The Morgan fingerprint density at radius 3 is 3.00 bits per heavy atom. The number of hydrogen-bond acceptors (Lipinski definition) is 3. The van der Waals surface area contributed by atoms with E-state index in [9.17, 15) is 0 Å². The molecular formula is C15H20N4.